The average molecular weight is 258 g/mol. The number of nitrogens with zero attached hydrogens (tertiary/aromatic N) is 4. The molecule has 1 aromatic carbocycles. The van der Waals surface area contributed by atoms with Crippen LogP contribution >= 0.6 is 0 Å². The minimum absolute atomic E-state index is 0.0615. The second-order valence-corrected chi connectivity index (χ2v) is 4.54. The van der Waals surface area contributed by atoms with E-state index in [1.165, 1.54) is 6.33 Å². The zero-order chi connectivity index (χ0) is 13.8. The van der Waals surface area contributed by atoms with Gasteiger partial charge < -0.3 is 4.90 Å². The van der Waals surface area contributed by atoms with E-state index in [0.717, 1.165) is 12.2 Å². The molecule has 2 aromatic rings. The van der Waals surface area contributed by atoms with Crippen molar-refractivity contribution in [2.45, 2.75) is 19.9 Å². The first-order valence-electron chi connectivity index (χ1n) is 6.29. The Hall–Kier alpha value is -2.17. The van der Waals surface area contributed by atoms with Crippen LogP contribution in [0.1, 0.15) is 23.1 Å². The van der Waals surface area contributed by atoms with Gasteiger partial charge in [0.15, 0.2) is 5.78 Å². The van der Waals surface area contributed by atoms with Crippen LogP contribution in [0.2, 0.25) is 0 Å². The zero-order valence-electron chi connectivity index (χ0n) is 11.5. The van der Waals surface area contributed by atoms with Crippen LogP contribution in [0.4, 0.5) is 5.69 Å². The maximum Gasteiger partial charge on any atom is 0.170 e. The first-order chi connectivity index (χ1) is 9.11. The number of aryl methyl sites for hydroxylation is 1. The van der Waals surface area contributed by atoms with Crippen LogP contribution in [0.3, 0.4) is 0 Å². The van der Waals surface area contributed by atoms with Gasteiger partial charge in [-0.2, -0.15) is 5.10 Å². The molecule has 0 N–H and O–H groups in total. The van der Waals surface area contributed by atoms with Gasteiger partial charge >= 0.3 is 0 Å². The third kappa shape index (κ3) is 2.99. The number of hydrogen-bond acceptors (Lipinski definition) is 4. The van der Waals surface area contributed by atoms with Gasteiger partial charge in [-0.05, 0) is 19.1 Å². The third-order valence-electron chi connectivity index (χ3n) is 3.00. The number of Topliss-reactive ketones (excluding diaryl/α,β-unsaturated/α-hetero) is 1. The van der Waals surface area contributed by atoms with Crippen LogP contribution in [0.15, 0.2) is 30.6 Å². The number of anilines is 1. The van der Waals surface area contributed by atoms with E-state index in [9.17, 15) is 4.79 Å². The van der Waals surface area contributed by atoms with Crippen molar-refractivity contribution in [2.24, 2.45) is 0 Å². The molecule has 0 saturated heterocycles. The maximum absolute atomic E-state index is 12.3. The van der Waals surface area contributed by atoms with Gasteiger partial charge in [0.2, 0.25) is 0 Å². The number of carbonyl (C=O) groups excluding carboxylic acids is 1. The predicted octanol–water partition coefficient (Wildman–Crippen LogP) is 1.79. The molecule has 19 heavy (non-hydrogen) atoms. The Bertz CT molecular complexity index is 574. The predicted molar refractivity (Wildman–Crippen MR) is 74.5 cm³/mol. The summed E-state index contributed by atoms with van der Waals surface area (Å²) in [6.45, 7) is 2.70. The molecule has 100 valence electrons. The molecule has 0 aliphatic rings. The van der Waals surface area contributed by atoms with Crippen LogP contribution in [0.25, 0.3) is 0 Å². The number of hydrogen-bond donors (Lipinski definition) is 0. The highest BCUT2D eigenvalue weighted by Gasteiger charge is 2.12. The lowest BCUT2D eigenvalue weighted by molar-refractivity contribution is 0.0989. The maximum atomic E-state index is 12.3. The number of benzene rings is 1. The van der Waals surface area contributed by atoms with Crippen LogP contribution in [-0.2, 0) is 13.0 Å². The van der Waals surface area contributed by atoms with Crippen molar-refractivity contribution in [3.05, 3.63) is 42.0 Å². The molecule has 0 radical (unpaired) electrons. The van der Waals surface area contributed by atoms with E-state index in [4.69, 9.17) is 0 Å². The van der Waals surface area contributed by atoms with Crippen molar-refractivity contribution >= 4 is 11.5 Å². The molecule has 0 spiro atoms. The summed E-state index contributed by atoms with van der Waals surface area (Å²) in [6, 6.07) is 7.61. The van der Waals surface area contributed by atoms with E-state index in [1.807, 2.05) is 50.2 Å². The summed E-state index contributed by atoms with van der Waals surface area (Å²) in [5.74, 6) is 0.772. The number of aromatic nitrogens is 3. The van der Waals surface area contributed by atoms with Crippen LogP contribution in [0, 0.1) is 0 Å². The van der Waals surface area contributed by atoms with Crippen molar-refractivity contribution in [1.82, 2.24) is 14.8 Å². The standard InChI is InChI=1S/C14H18N4O/c1-4-18-14(15-10-16-18)9-13(19)11-6-5-7-12(8-11)17(2)3/h5-8,10H,4,9H2,1-3H3. The highest BCUT2D eigenvalue weighted by Crippen LogP contribution is 2.15. The molecule has 5 nitrogen and oxygen atoms in total. The van der Waals surface area contributed by atoms with Crippen molar-refractivity contribution in [3.63, 3.8) is 0 Å². The summed E-state index contributed by atoms with van der Waals surface area (Å²) in [5.41, 5.74) is 1.72. The summed E-state index contributed by atoms with van der Waals surface area (Å²) in [6.07, 6.45) is 1.77. The van der Waals surface area contributed by atoms with Gasteiger partial charge in [0.1, 0.15) is 12.2 Å². The molecule has 0 aliphatic carbocycles. The Kier molecular flexibility index (Phi) is 3.94. The van der Waals surface area contributed by atoms with Gasteiger partial charge in [-0.3, -0.25) is 4.79 Å². The number of ketones is 1. The van der Waals surface area contributed by atoms with E-state index in [2.05, 4.69) is 10.1 Å². The van der Waals surface area contributed by atoms with Crippen LogP contribution < -0.4 is 4.90 Å². The molecule has 0 saturated carbocycles. The topological polar surface area (TPSA) is 51.0 Å². The van der Waals surface area contributed by atoms with Gasteiger partial charge in [0.25, 0.3) is 0 Å². The lowest BCUT2D eigenvalue weighted by Crippen LogP contribution is -2.12. The highest BCUT2D eigenvalue weighted by atomic mass is 16.1. The second-order valence-electron chi connectivity index (χ2n) is 4.54. The molecular formula is C14H18N4O. The van der Waals surface area contributed by atoms with E-state index in [1.54, 1.807) is 4.68 Å². The Morgan fingerprint density at radius 2 is 2.16 bits per heavy atom. The number of carbonyl (C=O) groups is 1. The molecule has 0 atom stereocenters. The quantitative estimate of drug-likeness (QED) is 0.767. The van der Waals surface area contributed by atoms with E-state index in [-0.39, 0.29) is 12.2 Å². The minimum atomic E-state index is 0.0615. The molecule has 0 unspecified atom stereocenters. The van der Waals surface area contributed by atoms with Crippen LogP contribution in [-0.4, -0.2) is 34.6 Å². The molecule has 0 bridgehead atoms. The summed E-state index contributed by atoms with van der Waals surface area (Å²) in [7, 11) is 3.91. The molecule has 1 aromatic heterocycles. The molecular weight excluding hydrogens is 240 g/mol. The Balaban J connectivity index is 2.18. The normalized spacial score (nSPS) is 10.5. The fourth-order valence-electron chi connectivity index (χ4n) is 1.89. The lowest BCUT2D eigenvalue weighted by Gasteiger charge is -2.13. The molecule has 0 aliphatic heterocycles. The first kappa shape index (κ1) is 13.3. The Morgan fingerprint density at radius 3 is 2.84 bits per heavy atom. The summed E-state index contributed by atoms with van der Waals surface area (Å²) >= 11 is 0. The molecule has 0 amide bonds. The molecule has 1 heterocycles. The first-order valence-corrected chi connectivity index (χ1v) is 6.29. The largest absolute Gasteiger partial charge is 0.378 e. The minimum Gasteiger partial charge on any atom is -0.378 e. The molecule has 5 heteroatoms. The lowest BCUT2D eigenvalue weighted by atomic mass is 10.1. The Labute approximate surface area is 112 Å². The fraction of sp³-hybridized carbons (Fsp3) is 0.357. The van der Waals surface area contributed by atoms with E-state index < -0.39 is 0 Å². The molecule has 2 rings (SSSR count). The van der Waals surface area contributed by atoms with Gasteiger partial charge in [-0.1, -0.05) is 12.1 Å². The molecule has 0 fully saturated rings. The van der Waals surface area contributed by atoms with E-state index in [0.29, 0.717) is 11.4 Å². The van der Waals surface area contributed by atoms with Crippen LogP contribution in [0.5, 0.6) is 0 Å². The average Bonchev–Trinajstić information content (AvgIpc) is 2.86. The highest BCUT2D eigenvalue weighted by molar-refractivity contribution is 5.97. The van der Waals surface area contributed by atoms with Gasteiger partial charge in [0, 0.05) is 31.9 Å². The van der Waals surface area contributed by atoms with Gasteiger partial charge in [-0.25, -0.2) is 9.67 Å². The van der Waals surface area contributed by atoms with Crippen molar-refractivity contribution in [3.8, 4) is 0 Å². The monoisotopic (exact) mass is 258 g/mol. The van der Waals surface area contributed by atoms with Gasteiger partial charge in [0.05, 0.1) is 6.42 Å². The summed E-state index contributed by atoms with van der Waals surface area (Å²) in [5, 5.41) is 4.07. The summed E-state index contributed by atoms with van der Waals surface area (Å²) < 4.78 is 1.74. The summed E-state index contributed by atoms with van der Waals surface area (Å²) in [4.78, 5) is 18.4. The second kappa shape index (κ2) is 5.65. The third-order valence-corrected chi connectivity index (χ3v) is 3.00. The fourth-order valence-corrected chi connectivity index (χ4v) is 1.89. The van der Waals surface area contributed by atoms with Crippen molar-refractivity contribution < 1.29 is 4.79 Å². The number of rotatable bonds is 5. The SMILES string of the molecule is CCn1ncnc1CC(=O)c1cccc(N(C)C)c1. The van der Waals surface area contributed by atoms with Crippen molar-refractivity contribution in [2.75, 3.05) is 19.0 Å². The van der Waals surface area contributed by atoms with Crippen molar-refractivity contribution in [1.29, 1.82) is 0 Å². The van der Waals surface area contributed by atoms with E-state index >= 15 is 0 Å². The zero-order valence-corrected chi connectivity index (χ0v) is 11.5. The van der Waals surface area contributed by atoms with Gasteiger partial charge in [-0.15, -0.1) is 0 Å². The Morgan fingerprint density at radius 1 is 1.37 bits per heavy atom. The smallest absolute Gasteiger partial charge is 0.170 e.